The van der Waals surface area contributed by atoms with E-state index in [9.17, 15) is 9.59 Å². The first-order chi connectivity index (χ1) is 13.1. The normalized spacial score (nSPS) is 58.7. The molecule has 0 radical (unpaired) electrons. The number of carbonyl (C=O) groups is 2. The van der Waals surface area contributed by atoms with Crippen LogP contribution in [-0.2, 0) is 22.4 Å². The van der Waals surface area contributed by atoms with E-state index in [1.54, 1.807) is 0 Å². The van der Waals surface area contributed by atoms with Crippen LogP contribution in [0.15, 0.2) is 24.3 Å². The molecule has 28 heavy (non-hydrogen) atoms. The number of rotatable bonds is 4. The highest BCUT2D eigenvalue weighted by atomic mass is 16.1. The van der Waals surface area contributed by atoms with Crippen molar-refractivity contribution in [3.8, 4) is 0 Å². The number of ketones is 2. The summed E-state index contributed by atoms with van der Waals surface area (Å²) >= 11 is 0. The lowest BCUT2D eigenvalue weighted by atomic mass is 9.51. The van der Waals surface area contributed by atoms with Gasteiger partial charge in [0.15, 0.2) is 0 Å². The van der Waals surface area contributed by atoms with Crippen LogP contribution >= 0.6 is 0 Å². The Hall–Kier alpha value is -1.44. The summed E-state index contributed by atoms with van der Waals surface area (Å²) in [5, 5.41) is 0. The van der Waals surface area contributed by atoms with Crippen LogP contribution in [0.2, 0.25) is 0 Å². The van der Waals surface area contributed by atoms with E-state index in [4.69, 9.17) is 0 Å². The first-order valence-corrected chi connectivity index (χ1v) is 11.3. The molecule has 146 valence electrons. The van der Waals surface area contributed by atoms with Crippen molar-refractivity contribution in [3.05, 3.63) is 35.4 Å². The summed E-state index contributed by atoms with van der Waals surface area (Å²) in [5.41, 5.74) is 2.97. The molecule has 0 heterocycles. The molecule has 8 atom stereocenters. The Morgan fingerprint density at radius 3 is 1.36 bits per heavy atom. The van der Waals surface area contributed by atoms with E-state index in [-0.39, 0.29) is 32.5 Å². The summed E-state index contributed by atoms with van der Waals surface area (Å²) in [6, 6.07) is 8.96. The minimum Gasteiger partial charge on any atom is -0.298 e. The van der Waals surface area contributed by atoms with Gasteiger partial charge in [0, 0.05) is 21.7 Å². The van der Waals surface area contributed by atoms with Crippen LogP contribution in [0.25, 0.3) is 0 Å². The van der Waals surface area contributed by atoms with Gasteiger partial charge < -0.3 is 0 Å². The van der Waals surface area contributed by atoms with E-state index in [0.29, 0.717) is 23.4 Å². The standard InChI is InChI=1S/C26H30O2/c1-21-11-9-17-23(21,3)25(17,19(21)27)13-15-5-7-16(8-6-15)14-26-18-10-12-22(2,20(26)28)24(18,26)4/h5-8,17-18H,9-14H2,1-4H3. The minimum absolute atomic E-state index is 0.0345. The zero-order valence-electron chi connectivity index (χ0n) is 17.5. The summed E-state index contributed by atoms with van der Waals surface area (Å²) in [4.78, 5) is 25.9. The lowest BCUT2D eigenvalue weighted by molar-refractivity contribution is -0.155. The highest BCUT2D eigenvalue weighted by Crippen LogP contribution is 2.94. The molecule has 0 spiro atoms. The van der Waals surface area contributed by atoms with Gasteiger partial charge in [0.25, 0.3) is 0 Å². The monoisotopic (exact) mass is 374 g/mol. The van der Waals surface area contributed by atoms with E-state index in [0.717, 1.165) is 25.7 Å². The van der Waals surface area contributed by atoms with Gasteiger partial charge >= 0.3 is 0 Å². The van der Waals surface area contributed by atoms with Crippen molar-refractivity contribution in [1.29, 1.82) is 0 Å². The molecule has 0 aromatic heterocycles. The number of fused-ring (bicyclic) bond motifs is 2. The van der Waals surface area contributed by atoms with Crippen LogP contribution in [-0.4, -0.2) is 11.6 Å². The number of hydrogen-bond acceptors (Lipinski definition) is 2. The van der Waals surface area contributed by atoms with Gasteiger partial charge in [0.1, 0.15) is 11.6 Å². The molecule has 0 amide bonds. The molecule has 2 nitrogen and oxygen atoms in total. The molecule has 7 rings (SSSR count). The van der Waals surface area contributed by atoms with Gasteiger partial charge in [-0.05, 0) is 72.3 Å². The van der Waals surface area contributed by atoms with Crippen molar-refractivity contribution in [3.63, 3.8) is 0 Å². The maximum absolute atomic E-state index is 13.0. The zero-order chi connectivity index (χ0) is 19.5. The summed E-state index contributed by atoms with van der Waals surface area (Å²) in [6.07, 6.45) is 6.52. The zero-order valence-corrected chi connectivity index (χ0v) is 17.5. The van der Waals surface area contributed by atoms with Gasteiger partial charge in [-0.15, -0.1) is 0 Å². The second-order valence-corrected chi connectivity index (χ2v) is 12.0. The van der Waals surface area contributed by atoms with Gasteiger partial charge in [-0.2, -0.15) is 0 Å². The number of benzene rings is 1. The Bertz CT molecular complexity index is 927. The first kappa shape index (κ1) is 16.4. The fraction of sp³-hybridized carbons (Fsp3) is 0.692. The van der Waals surface area contributed by atoms with Crippen molar-refractivity contribution in [2.75, 3.05) is 0 Å². The van der Waals surface area contributed by atoms with E-state index < -0.39 is 0 Å². The predicted octanol–water partition coefficient (Wildman–Crippen LogP) is 4.78. The van der Waals surface area contributed by atoms with Crippen molar-refractivity contribution in [2.45, 2.75) is 66.2 Å². The Morgan fingerprint density at radius 1 is 0.714 bits per heavy atom. The lowest BCUT2D eigenvalue weighted by Gasteiger charge is -2.49. The van der Waals surface area contributed by atoms with Gasteiger partial charge in [-0.25, -0.2) is 0 Å². The summed E-state index contributed by atoms with van der Waals surface area (Å²) in [6.45, 7) is 9.15. The van der Waals surface area contributed by atoms with Crippen molar-refractivity contribution < 1.29 is 9.59 Å². The molecule has 6 aliphatic carbocycles. The molecule has 8 unspecified atom stereocenters. The van der Waals surface area contributed by atoms with Crippen molar-refractivity contribution in [1.82, 2.24) is 0 Å². The molecule has 0 bridgehead atoms. The van der Waals surface area contributed by atoms with Crippen LogP contribution in [0, 0.1) is 44.3 Å². The summed E-state index contributed by atoms with van der Waals surface area (Å²) in [5.74, 6) is 2.32. The summed E-state index contributed by atoms with van der Waals surface area (Å²) in [7, 11) is 0. The number of Topliss-reactive ketones (excluding diaryl/α,β-unsaturated/α-hetero) is 2. The molecule has 1 aromatic carbocycles. The number of carbonyl (C=O) groups excluding carboxylic acids is 2. The average molecular weight is 375 g/mol. The highest BCUT2D eigenvalue weighted by molar-refractivity contribution is 6.06. The first-order valence-electron chi connectivity index (χ1n) is 11.3. The molecule has 0 aliphatic heterocycles. The van der Waals surface area contributed by atoms with Gasteiger partial charge in [-0.1, -0.05) is 52.0 Å². The molecular weight excluding hydrogens is 344 g/mol. The Kier molecular flexibility index (Phi) is 2.30. The van der Waals surface area contributed by atoms with Crippen LogP contribution < -0.4 is 0 Å². The van der Waals surface area contributed by atoms with Crippen LogP contribution in [0.3, 0.4) is 0 Å². The van der Waals surface area contributed by atoms with Gasteiger partial charge in [-0.3, -0.25) is 9.59 Å². The Labute approximate surface area is 167 Å². The van der Waals surface area contributed by atoms with Crippen LogP contribution in [0.4, 0.5) is 0 Å². The topological polar surface area (TPSA) is 34.1 Å². The molecule has 2 heteroatoms. The Morgan fingerprint density at radius 2 is 1.07 bits per heavy atom. The lowest BCUT2D eigenvalue weighted by Crippen LogP contribution is -2.55. The SMILES string of the molecule is CC12CCC3C(Cc4ccc(CC56C(=O)C7(C)CCC5C76C)cc4)(C1=O)C32C. The highest BCUT2D eigenvalue weighted by Gasteiger charge is 2.96. The van der Waals surface area contributed by atoms with Crippen LogP contribution in [0.1, 0.15) is 64.5 Å². The van der Waals surface area contributed by atoms with Crippen LogP contribution in [0.5, 0.6) is 0 Å². The fourth-order valence-corrected chi connectivity index (χ4v) is 10.3. The average Bonchev–Trinajstić information content (AvgIpc) is 3.25. The minimum atomic E-state index is -0.0487. The molecule has 0 saturated heterocycles. The van der Waals surface area contributed by atoms with E-state index in [1.807, 2.05) is 0 Å². The van der Waals surface area contributed by atoms with E-state index in [1.165, 1.54) is 24.0 Å². The molecule has 6 saturated carbocycles. The maximum atomic E-state index is 13.0. The smallest absolute Gasteiger partial charge is 0.146 e. The fourth-order valence-electron chi connectivity index (χ4n) is 10.3. The Balaban J connectivity index is 1.12. The third-order valence-electron chi connectivity index (χ3n) is 12.2. The molecule has 0 N–H and O–H groups in total. The second kappa shape index (κ2) is 3.94. The largest absolute Gasteiger partial charge is 0.298 e. The van der Waals surface area contributed by atoms with Gasteiger partial charge in [0.2, 0.25) is 0 Å². The van der Waals surface area contributed by atoms with Crippen molar-refractivity contribution in [2.24, 2.45) is 44.3 Å². The predicted molar refractivity (Wildman–Crippen MR) is 107 cm³/mol. The number of hydrogen-bond donors (Lipinski definition) is 0. The molecule has 1 aromatic rings. The third kappa shape index (κ3) is 1.12. The second-order valence-electron chi connectivity index (χ2n) is 12.0. The van der Waals surface area contributed by atoms with Crippen molar-refractivity contribution >= 4 is 11.6 Å². The summed E-state index contributed by atoms with van der Waals surface area (Å²) < 4.78 is 0. The van der Waals surface area contributed by atoms with Gasteiger partial charge in [0.05, 0.1) is 0 Å². The maximum Gasteiger partial charge on any atom is 0.146 e. The van der Waals surface area contributed by atoms with E-state index >= 15 is 0 Å². The molecular formula is C26H30O2. The molecule has 6 fully saturated rings. The molecule has 6 aliphatic rings. The third-order valence-corrected chi connectivity index (χ3v) is 12.2. The quantitative estimate of drug-likeness (QED) is 0.760. The van der Waals surface area contributed by atoms with E-state index in [2.05, 4.69) is 52.0 Å².